The summed E-state index contributed by atoms with van der Waals surface area (Å²) in [5.74, 6) is 37.7. The Labute approximate surface area is 241 Å². The Bertz CT molecular complexity index is 1010. The van der Waals surface area contributed by atoms with Crippen LogP contribution in [-0.4, -0.2) is 0 Å². The molecule has 0 heteroatoms. The Morgan fingerprint density at radius 1 is 0.125 bits per heavy atom. The van der Waals surface area contributed by atoms with Crippen molar-refractivity contribution in [2.75, 3.05) is 0 Å². The Hall–Kier alpha value is 0. The molecule has 0 aromatic rings. The first-order chi connectivity index (χ1) is 19.9. The molecule has 0 radical (unpaired) electrons. The van der Waals surface area contributed by atoms with E-state index >= 15 is 0 Å². The standard InChI is InChI=1S/C40H50/c1-2-12-14-5-6-16-18-9-10-20-19-8-7-17-15-4-3-13-11(1)21-22(12)32-24(14)26(16)34-29(18)30(20)35-28(19)27(17)33-25(15)23(13)31(21)36-37(32)39(34)40(35)38(33)36/h11-40H,1-10H2/t11-,12?,13+,14-,15?,16?,17+,18-,19?,20?,21-,22+,23+,24-,25-,26+,27+,28-,29-,30+,31?,32?,33?,34?,35?,36?,37?,38?,39?,40?/m0/s1. The van der Waals surface area contributed by atoms with E-state index in [1.165, 1.54) is 178 Å². The highest BCUT2D eigenvalue weighted by Crippen LogP contribution is 2.92. The fourth-order valence-electron chi connectivity index (χ4n) is 24.8. The molecule has 0 N–H and O–H groups in total. The van der Waals surface area contributed by atoms with Gasteiger partial charge >= 0.3 is 0 Å². The van der Waals surface area contributed by atoms with Crippen molar-refractivity contribution in [3.63, 3.8) is 0 Å². The minimum atomic E-state index is 1.23. The molecule has 30 atom stereocenters. The maximum Gasteiger partial charge on any atom is -0.0312 e. The van der Waals surface area contributed by atoms with Gasteiger partial charge in [0.2, 0.25) is 0 Å². The summed E-state index contributed by atoms with van der Waals surface area (Å²) in [6.07, 6.45) is 17.3. The van der Waals surface area contributed by atoms with Crippen molar-refractivity contribution >= 4 is 0 Å². The van der Waals surface area contributed by atoms with Crippen LogP contribution in [0.3, 0.4) is 0 Å². The van der Waals surface area contributed by atoms with E-state index in [2.05, 4.69) is 0 Å². The summed E-state index contributed by atoms with van der Waals surface area (Å²) in [6.45, 7) is 0. The second-order valence-corrected chi connectivity index (χ2v) is 21.1. The Balaban J connectivity index is 1.07. The van der Waals surface area contributed by atoms with E-state index in [1.807, 2.05) is 0 Å². The van der Waals surface area contributed by atoms with Gasteiger partial charge in [-0.25, -0.2) is 0 Å². The molecule has 16 fully saturated rings. The van der Waals surface area contributed by atoms with E-state index in [0.717, 1.165) is 0 Å². The van der Waals surface area contributed by atoms with Crippen molar-refractivity contribution in [2.45, 2.75) is 64.2 Å². The zero-order chi connectivity index (χ0) is 24.4. The summed E-state index contributed by atoms with van der Waals surface area (Å²) in [6, 6.07) is 0. The first-order valence-electron chi connectivity index (χ1n) is 19.9. The summed E-state index contributed by atoms with van der Waals surface area (Å²) in [5.41, 5.74) is 0. The van der Waals surface area contributed by atoms with Crippen LogP contribution >= 0.6 is 0 Å². The first kappa shape index (κ1) is 20.1. The Morgan fingerprint density at radius 2 is 0.225 bits per heavy atom. The van der Waals surface area contributed by atoms with Crippen molar-refractivity contribution in [3.05, 3.63) is 0 Å². The molecule has 15 unspecified atom stereocenters. The molecule has 0 spiro atoms. The van der Waals surface area contributed by atoms with Crippen LogP contribution in [0.4, 0.5) is 0 Å². The predicted molar refractivity (Wildman–Crippen MR) is 151 cm³/mol. The van der Waals surface area contributed by atoms with Gasteiger partial charge in [0.05, 0.1) is 0 Å². The molecule has 16 aliphatic rings. The van der Waals surface area contributed by atoms with E-state index in [4.69, 9.17) is 0 Å². The summed E-state index contributed by atoms with van der Waals surface area (Å²) in [4.78, 5) is 0. The fraction of sp³-hybridized carbons (Fsp3) is 1.00. The molecule has 0 aliphatic heterocycles. The van der Waals surface area contributed by atoms with Gasteiger partial charge in [-0.3, -0.25) is 0 Å². The fourth-order valence-corrected chi connectivity index (χ4v) is 24.8. The van der Waals surface area contributed by atoms with Gasteiger partial charge in [-0.2, -0.15) is 0 Å². The molecule has 0 bridgehead atoms. The molecule has 0 aromatic carbocycles. The number of fused-ring (bicyclic) bond motifs is 5. The van der Waals surface area contributed by atoms with Crippen LogP contribution in [-0.2, 0) is 0 Å². The van der Waals surface area contributed by atoms with Gasteiger partial charge in [0.1, 0.15) is 0 Å². The van der Waals surface area contributed by atoms with Crippen molar-refractivity contribution in [2.24, 2.45) is 178 Å². The van der Waals surface area contributed by atoms with Crippen LogP contribution in [0, 0.1) is 178 Å². The minimum absolute atomic E-state index is 1.23. The van der Waals surface area contributed by atoms with E-state index < -0.39 is 0 Å². The second-order valence-electron chi connectivity index (χ2n) is 21.1. The lowest BCUT2D eigenvalue weighted by atomic mass is 9.43. The smallest absolute Gasteiger partial charge is 0.0312 e. The molecule has 0 heterocycles. The van der Waals surface area contributed by atoms with Crippen LogP contribution < -0.4 is 0 Å². The summed E-state index contributed by atoms with van der Waals surface area (Å²) in [5, 5.41) is 0. The third-order valence-electron chi connectivity index (χ3n) is 23.0. The monoisotopic (exact) mass is 530 g/mol. The van der Waals surface area contributed by atoms with Crippen LogP contribution in [0.15, 0.2) is 0 Å². The normalized spacial score (nSPS) is 87.0. The minimum Gasteiger partial charge on any atom is -0.0496 e. The van der Waals surface area contributed by atoms with Gasteiger partial charge in [-0.1, -0.05) is 0 Å². The first-order valence-corrected chi connectivity index (χ1v) is 19.9. The third kappa shape index (κ3) is 1.52. The van der Waals surface area contributed by atoms with E-state index in [9.17, 15) is 0 Å². The number of rotatable bonds is 0. The summed E-state index contributed by atoms with van der Waals surface area (Å²) >= 11 is 0. The average Bonchev–Trinajstić information content (AvgIpc) is 3.79. The largest absolute Gasteiger partial charge is 0.0496 e. The highest BCUT2D eigenvalue weighted by atomic mass is 14.9. The molecule has 0 aromatic heterocycles. The van der Waals surface area contributed by atoms with Crippen LogP contribution in [0.2, 0.25) is 0 Å². The molecule has 210 valence electrons. The summed E-state index contributed by atoms with van der Waals surface area (Å²) in [7, 11) is 0. The average molecular weight is 531 g/mol. The lowest BCUT2D eigenvalue weighted by Gasteiger charge is -2.61. The van der Waals surface area contributed by atoms with Crippen molar-refractivity contribution in [1.29, 1.82) is 0 Å². The van der Waals surface area contributed by atoms with Crippen LogP contribution in [0.1, 0.15) is 64.2 Å². The number of hydrogen-bond donors (Lipinski definition) is 0. The van der Waals surface area contributed by atoms with Gasteiger partial charge in [-0.15, -0.1) is 0 Å². The molecule has 40 heavy (non-hydrogen) atoms. The van der Waals surface area contributed by atoms with E-state index in [0.29, 0.717) is 0 Å². The molecule has 0 saturated heterocycles. The predicted octanol–water partition coefficient (Wildman–Crippen LogP) is 7.59. The maximum atomic E-state index is 1.73. The van der Waals surface area contributed by atoms with Crippen molar-refractivity contribution < 1.29 is 0 Å². The lowest BCUT2D eigenvalue weighted by molar-refractivity contribution is -0.147. The van der Waals surface area contributed by atoms with Crippen LogP contribution in [0.25, 0.3) is 0 Å². The zero-order valence-corrected chi connectivity index (χ0v) is 24.4. The van der Waals surface area contributed by atoms with Gasteiger partial charge < -0.3 is 0 Å². The highest BCUT2D eigenvalue weighted by molar-refractivity contribution is 5.35. The van der Waals surface area contributed by atoms with Crippen LogP contribution in [0.5, 0.6) is 0 Å². The zero-order valence-electron chi connectivity index (χ0n) is 24.4. The lowest BCUT2D eigenvalue weighted by Crippen LogP contribution is -2.58. The van der Waals surface area contributed by atoms with Crippen molar-refractivity contribution in [3.8, 4) is 0 Å². The molecule has 16 rings (SSSR count). The van der Waals surface area contributed by atoms with Crippen molar-refractivity contribution in [1.82, 2.24) is 0 Å². The summed E-state index contributed by atoms with van der Waals surface area (Å²) < 4.78 is 0. The highest BCUT2D eigenvalue weighted by Gasteiger charge is 2.88. The molecule has 0 nitrogen and oxygen atoms in total. The van der Waals surface area contributed by atoms with Gasteiger partial charge in [0, 0.05) is 0 Å². The molecule has 16 aliphatic carbocycles. The molecular formula is C40H50. The quantitative estimate of drug-likeness (QED) is 0.303. The van der Waals surface area contributed by atoms with E-state index in [1.54, 1.807) is 64.2 Å². The molecular weight excluding hydrogens is 480 g/mol. The second kappa shape index (κ2) is 5.63. The van der Waals surface area contributed by atoms with Gasteiger partial charge in [0.15, 0.2) is 0 Å². The SMILES string of the molecule is C1C[C@H]2C3CC[C@H]4C5CC[C@H]6[C@H]7CCC8[C@@H]9C%10C%11C%12C%13C%14C%11C([C@@H]6[C@@H]5C%14[C@@H]4[C@@H]3C%13[C@@H]2[C@H]2C1C1CC[C@H]8[C@@H]%10[C@H]1C%122)[C@@H]97. The Kier molecular flexibility index (Phi) is 2.83. The Morgan fingerprint density at radius 3 is 0.350 bits per heavy atom. The van der Waals surface area contributed by atoms with Gasteiger partial charge in [-0.05, 0) is 242 Å². The topological polar surface area (TPSA) is 0 Å². The number of hydrogen-bond acceptors (Lipinski definition) is 0. The van der Waals surface area contributed by atoms with Gasteiger partial charge in [0.25, 0.3) is 0 Å². The maximum absolute atomic E-state index is 1.73. The van der Waals surface area contributed by atoms with E-state index in [-0.39, 0.29) is 0 Å². The molecule has 0 amide bonds. The molecule has 16 saturated carbocycles. The third-order valence-corrected chi connectivity index (χ3v) is 23.0.